The molecule has 0 unspecified atom stereocenters. The SMILES string of the molecule is CN(C)c1cc[n+](O)cc1.O=[N+]([O-])c1ccc([O-])c([N+](=O)[O-])c1. The molecule has 1 N–H and O–H groups in total. The van der Waals surface area contributed by atoms with Gasteiger partial charge in [-0.25, -0.2) is 0 Å². The van der Waals surface area contributed by atoms with Crippen LogP contribution >= 0.6 is 0 Å². The number of rotatable bonds is 3. The van der Waals surface area contributed by atoms with Crippen LogP contribution in [0.1, 0.15) is 0 Å². The maximum atomic E-state index is 10.8. The molecule has 23 heavy (non-hydrogen) atoms. The fourth-order valence-corrected chi connectivity index (χ4v) is 1.47. The second-order valence-electron chi connectivity index (χ2n) is 4.50. The smallest absolute Gasteiger partial charge is 0.276 e. The average Bonchev–Trinajstić information content (AvgIpc) is 2.48. The van der Waals surface area contributed by atoms with Crippen LogP contribution in [0, 0.1) is 20.2 Å². The van der Waals surface area contributed by atoms with Gasteiger partial charge in [-0.2, -0.15) is 0 Å². The third-order valence-corrected chi connectivity index (χ3v) is 2.66. The van der Waals surface area contributed by atoms with E-state index in [0.717, 1.165) is 22.6 Å². The molecular weight excluding hydrogens is 308 g/mol. The van der Waals surface area contributed by atoms with Gasteiger partial charge in [0.25, 0.3) is 11.4 Å². The van der Waals surface area contributed by atoms with Gasteiger partial charge in [-0.1, -0.05) is 6.07 Å². The van der Waals surface area contributed by atoms with E-state index in [1.54, 1.807) is 12.4 Å². The Kier molecular flexibility index (Phi) is 5.78. The summed E-state index contributed by atoms with van der Waals surface area (Å²) >= 11 is 0. The third-order valence-electron chi connectivity index (χ3n) is 2.66. The highest BCUT2D eigenvalue weighted by molar-refractivity contribution is 5.51. The zero-order valence-corrected chi connectivity index (χ0v) is 12.3. The first-order chi connectivity index (χ1) is 10.7. The average molecular weight is 322 g/mol. The Bertz CT molecular complexity index is 702. The summed E-state index contributed by atoms with van der Waals surface area (Å²) in [7, 11) is 3.91. The second kappa shape index (κ2) is 7.54. The summed E-state index contributed by atoms with van der Waals surface area (Å²) in [5.41, 5.74) is -0.175. The molecule has 0 saturated carbocycles. The standard InChI is InChI=1S/C7H11N2O.C6H4N2O5/c1-8(2)7-3-5-9(10)6-4-7;9-6-2-1-4(7(10)11)3-5(6)8(12)13/h3-6,10H,1-2H3;1-3,9H/q+1;/p-1. The van der Waals surface area contributed by atoms with E-state index in [9.17, 15) is 25.3 Å². The maximum absolute atomic E-state index is 10.8. The Hall–Kier alpha value is -3.43. The molecule has 0 amide bonds. The number of hydrogen-bond acceptors (Lipinski definition) is 7. The van der Waals surface area contributed by atoms with Gasteiger partial charge in [0, 0.05) is 42.7 Å². The van der Waals surface area contributed by atoms with Gasteiger partial charge in [0.1, 0.15) is 0 Å². The van der Waals surface area contributed by atoms with Gasteiger partial charge in [0.15, 0.2) is 0 Å². The van der Waals surface area contributed by atoms with Crippen molar-refractivity contribution >= 4 is 17.1 Å². The molecule has 0 saturated heterocycles. The monoisotopic (exact) mass is 322 g/mol. The molecular formula is C13H14N4O6. The number of anilines is 1. The fraction of sp³-hybridized carbons (Fsp3) is 0.154. The zero-order valence-electron chi connectivity index (χ0n) is 12.3. The summed E-state index contributed by atoms with van der Waals surface area (Å²) in [5, 5.41) is 40.0. The normalized spacial score (nSPS) is 9.48. The minimum atomic E-state index is -0.949. The number of nitrogens with zero attached hydrogens (tertiary/aromatic N) is 4. The van der Waals surface area contributed by atoms with Crippen molar-refractivity contribution in [3.63, 3.8) is 0 Å². The van der Waals surface area contributed by atoms with Crippen molar-refractivity contribution in [3.05, 3.63) is 63.0 Å². The van der Waals surface area contributed by atoms with Crippen molar-refractivity contribution in [1.82, 2.24) is 0 Å². The predicted octanol–water partition coefficient (Wildman–Crippen LogP) is 0.854. The molecule has 0 radical (unpaired) electrons. The Morgan fingerprint density at radius 3 is 2.04 bits per heavy atom. The van der Waals surface area contributed by atoms with Crippen molar-refractivity contribution < 1.29 is 24.9 Å². The molecule has 10 nitrogen and oxygen atoms in total. The lowest BCUT2D eigenvalue weighted by Crippen LogP contribution is -2.28. The van der Waals surface area contributed by atoms with Gasteiger partial charge in [-0.15, -0.1) is 0 Å². The Labute approximate surface area is 130 Å². The summed E-state index contributed by atoms with van der Waals surface area (Å²) in [6.45, 7) is 0. The van der Waals surface area contributed by atoms with E-state index in [1.165, 1.54) is 0 Å². The number of aromatic nitrogens is 1. The third kappa shape index (κ3) is 5.12. The van der Waals surface area contributed by atoms with Crippen LogP contribution in [0.25, 0.3) is 0 Å². The Balaban J connectivity index is 0.000000238. The van der Waals surface area contributed by atoms with Gasteiger partial charge in [-0.05, 0) is 5.75 Å². The van der Waals surface area contributed by atoms with Crippen molar-refractivity contribution in [2.75, 3.05) is 19.0 Å². The van der Waals surface area contributed by atoms with Crippen LogP contribution in [0.5, 0.6) is 5.75 Å². The summed E-state index contributed by atoms with van der Waals surface area (Å²) < 4.78 is 1.02. The Morgan fingerprint density at radius 1 is 1.04 bits per heavy atom. The predicted molar refractivity (Wildman–Crippen MR) is 77.3 cm³/mol. The highest BCUT2D eigenvalue weighted by Crippen LogP contribution is 2.27. The van der Waals surface area contributed by atoms with E-state index in [4.69, 9.17) is 5.21 Å². The molecule has 0 bridgehead atoms. The van der Waals surface area contributed by atoms with E-state index in [-0.39, 0.29) is 0 Å². The molecule has 0 spiro atoms. The van der Waals surface area contributed by atoms with Crippen LogP contribution < -0.4 is 14.7 Å². The topological polar surface area (TPSA) is 137 Å². The first-order valence-electron chi connectivity index (χ1n) is 6.20. The fourth-order valence-electron chi connectivity index (χ4n) is 1.47. The van der Waals surface area contributed by atoms with Crippen LogP contribution in [0.3, 0.4) is 0 Å². The van der Waals surface area contributed by atoms with Gasteiger partial charge < -0.3 is 10.0 Å². The van der Waals surface area contributed by atoms with E-state index >= 15 is 0 Å². The summed E-state index contributed by atoms with van der Waals surface area (Å²) in [6, 6.07) is 6.04. The van der Waals surface area contributed by atoms with Crippen LogP contribution in [0.2, 0.25) is 0 Å². The molecule has 2 aromatic rings. The molecule has 1 heterocycles. The molecule has 0 atom stereocenters. The van der Waals surface area contributed by atoms with Crippen molar-refractivity contribution in [2.45, 2.75) is 0 Å². The minimum absolute atomic E-state index is 0.466. The summed E-state index contributed by atoms with van der Waals surface area (Å²) in [6.07, 6.45) is 3.19. The number of pyridine rings is 1. The van der Waals surface area contributed by atoms with Crippen LogP contribution in [0.4, 0.5) is 17.1 Å². The number of hydrogen-bond donors (Lipinski definition) is 1. The molecule has 2 rings (SSSR count). The number of nitro benzene ring substituents is 2. The van der Waals surface area contributed by atoms with E-state index in [2.05, 4.69) is 0 Å². The number of non-ortho nitro benzene ring substituents is 1. The molecule has 0 aliphatic carbocycles. The number of nitro groups is 2. The lowest BCUT2D eigenvalue weighted by atomic mass is 10.2. The van der Waals surface area contributed by atoms with Crippen LogP contribution in [-0.4, -0.2) is 29.1 Å². The van der Waals surface area contributed by atoms with E-state index in [1.807, 2.05) is 31.1 Å². The second-order valence-corrected chi connectivity index (χ2v) is 4.50. The van der Waals surface area contributed by atoms with Gasteiger partial charge in [0.05, 0.1) is 15.9 Å². The first kappa shape index (κ1) is 17.6. The van der Waals surface area contributed by atoms with E-state index in [0.29, 0.717) is 6.07 Å². The lowest BCUT2D eigenvalue weighted by molar-refractivity contribution is -0.904. The van der Waals surface area contributed by atoms with Crippen LogP contribution in [0.15, 0.2) is 42.7 Å². The molecule has 10 heteroatoms. The quantitative estimate of drug-likeness (QED) is 0.383. The number of benzene rings is 1. The minimum Gasteiger partial charge on any atom is -0.868 e. The Morgan fingerprint density at radius 2 is 1.61 bits per heavy atom. The van der Waals surface area contributed by atoms with Gasteiger partial charge in [-0.3, -0.25) is 25.4 Å². The highest BCUT2D eigenvalue weighted by Gasteiger charge is 2.13. The summed E-state index contributed by atoms with van der Waals surface area (Å²) in [5.74, 6) is -0.837. The zero-order chi connectivity index (χ0) is 17.6. The van der Waals surface area contributed by atoms with Gasteiger partial charge in [0.2, 0.25) is 12.4 Å². The van der Waals surface area contributed by atoms with E-state index < -0.39 is 27.0 Å². The van der Waals surface area contributed by atoms with Crippen molar-refractivity contribution in [3.8, 4) is 5.75 Å². The first-order valence-corrected chi connectivity index (χ1v) is 6.20. The summed E-state index contributed by atoms with van der Waals surface area (Å²) in [4.78, 5) is 20.6. The molecule has 0 aliphatic rings. The molecule has 1 aromatic heterocycles. The largest absolute Gasteiger partial charge is 0.868 e. The van der Waals surface area contributed by atoms with Crippen molar-refractivity contribution in [1.29, 1.82) is 0 Å². The molecule has 122 valence electrons. The highest BCUT2D eigenvalue weighted by atomic mass is 16.6. The molecule has 0 fully saturated rings. The van der Waals surface area contributed by atoms with Crippen LogP contribution in [-0.2, 0) is 0 Å². The maximum Gasteiger partial charge on any atom is 0.276 e. The lowest BCUT2D eigenvalue weighted by Gasteiger charge is -2.09. The van der Waals surface area contributed by atoms with Gasteiger partial charge >= 0.3 is 0 Å². The van der Waals surface area contributed by atoms with Crippen molar-refractivity contribution in [2.24, 2.45) is 0 Å². The molecule has 1 aromatic carbocycles. The molecule has 0 aliphatic heterocycles.